The molecule has 1 saturated heterocycles. The number of hydrogen-bond acceptors (Lipinski definition) is 5. The number of thioether (sulfide) groups is 1. The molecule has 1 aliphatic carbocycles. The molecule has 3 amide bonds. The van der Waals surface area contributed by atoms with Gasteiger partial charge in [-0.3, -0.25) is 14.4 Å². The minimum absolute atomic E-state index is 0.134. The molecule has 1 heterocycles. The van der Waals surface area contributed by atoms with E-state index >= 15 is 0 Å². The summed E-state index contributed by atoms with van der Waals surface area (Å²) in [5.74, 6) is -0.0197. The number of nitrogens with one attached hydrogen (secondary N) is 2. The Morgan fingerprint density at radius 1 is 1.05 bits per heavy atom. The zero-order chi connectivity index (χ0) is 29.4. The second kappa shape index (κ2) is 14.4. The highest BCUT2D eigenvalue weighted by molar-refractivity contribution is 8.00. The molecule has 41 heavy (non-hydrogen) atoms. The summed E-state index contributed by atoms with van der Waals surface area (Å²) < 4.78 is -0.532. The van der Waals surface area contributed by atoms with Crippen molar-refractivity contribution in [3.05, 3.63) is 71.3 Å². The molecule has 2 aromatic rings. The van der Waals surface area contributed by atoms with E-state index in [4.69, 9.17) is 0 Å². The van der Waals surface area contributed by atoms with E-state index in [1.807, 2.05) is 75.4 Å². The van der Waals surface area contributed by atoms with E-state index in [1.54, 1.807) is 0 Å². The first-order chi connectivity index (χ1) is 19.7. The third kappa shape index (κ3) is 8.35. The summed E-state index contributed by atoms with van der Waals surface area (Å²) in [5, 5.41) is 17.4. The number of rotatable bonds is 12. The Morgan fingerprint density at radius 3 is 2.44 bits per heavy atom. The highest BCUT2D eigenvalue weighted by atomic mass is 32.2. The number of aryl methyl sites for hydroxylation is 2. The van der Waals surface area contributed by atoms with Crippen LogP contribution in [-0.2, 0) is 27.3 Å². The third-order valence-corrected chi connectivity index (χ3v) is 9.99. The Labute approximate surface area is 248 Å². The van der Waals surface area contributed by atoms with E-state index in [0.717, 1.165) is 23.1 Å². The number of benzene rings is 2. The molecule has 0 radical (unpaired) electrons. The van der Waals surface area contributed by atoms with Crippen LogP contribution in [-0.4, -0.2) is 56.5 Å². The monoisotopic (exact) mass is 579 g/mol. The molecule has 0 bridgehead atoms. The molecule has 3 atom stereocenters. The summed E-state index contributed by atoms with van der Waals surface area (Å²) in [6.07, 6.45) is 5.59. The summed E-state index contributed by atoms with van der Waals surface area (Å²) in [5.41, 5.74) is 3.17. The van der Waals surface area contributed by atoms with Crippen molar-refractivity contribution < 1.29 is 19.5 Å². The molecule has 0 aromatic heterocycles. The molecule has 2 aromatic carbocycles. The Bertz CT molecular complexity index is 1180. The van der Waals surface area contributed by atoms with Crippen LogP contribution in [0.15, 0.2) is 54.6 Å². The number of aliphatic hydroxyl groups is 1. The minimum atomic E-state index is -1.45. The Kier molecular flexibility index (Phi) is 10.9. The van der Waals surface area contributed by atoms with Gasteiger partial charge in [0.25, 0.3) is 5.91 Å². The fraction of sp³-hybridized carbons (Fsp3) is 0.545. The smallest absolute Gasteiger partial charge is 0.254 e. The zero-order valence-corrected chi connectivity index (χ0v) is 25.4. The second-order valence-corrected chi connectivity index (χ2v) is 13.7. The molecular formula is C33H45N3O4S. The lowest BCUT2D eigenvalue weighted by atomic mass is 9.96. The fourth-order valence-corrected chi connectivity index (χ4v) is 7.17. The van der Waals surface area contributed by atoms with Crippen LogP contribution in [0.1, 0.15) is 75.5 Å². The van der Waals surface area contributed by atoms with Crippen LogP contribution >= 0.6 is 11.8 Å². The maximum Gasteiger partial charge on any atom is 0.254 e. The minimum Gasteiger partial charge on any atom is -0.381 e. The molecular weight excluding hydrogens is 534 g/mol. The topological polar surface area (TPSA) is 98.7 Å². The van der Waals surface area contributed by atoms with E-state index in [2.05, 4.69) is 10.6 Å². The first-order valence-corrected chi connectivity index (χ1v) is 15.9. The van der Waals surface area contributed by atoms with Crippen LogP contribution in [0.5, 0.6) is 0 Å². The summed E-state index contributed by atoms with van der Waals surface area (Å²) >= 11 is 1.52. The molecule has 2 aliphatic rings. The molecule has 1 aliphatic heterocycles. The van der Waals surface area contributed by atoms with Gasteiger partial charge in [-0.15, -0.1) is 11.8 Å². The number of nitrogens with zero attached hydrogens (tertiary/aromatic N) is 1. The van der Waals surface area contributed by atoms with Crippen molar-refractivity contribution in [2.45, 2.75) is 102 Å². The number of carbonyl (C=O) groups excluding carboxylic acids is 3. The maximum atomic E-state index is 13.8. The van der Waals surface area contributed by atoms with Crippen LogP contribution in [0.3, 0.4) is 0 Å². The van der Waals surface area contributed by atoms with E-state index < -0.39 is 28.8 Å². The van der Waals surface area contributed by atoms with Gasteiger partial charge in [-0.2, -0.15) is 0 Å². The SMILES string of the molecule is Cc1ccccc1CNC(=O)C1N(C(=O)[C@@H](O)[C@H](CCc2ccccc2)NC(=O)CCC2CCCC2)CSC1(C)C. The summed E-state index contributed by atoms with van der Waals surface area (Å²) in [7, 11) is 0. The standard InChI is InChI=1S/C33H45N3O4S/c1-23-11-7-10-16-26(23)21-34-31(39)30-33(2,3)41-22-36(30)32(40)29(38)27(19-17-24-12-5-4-6-13-24)35-28(37)20-18-25-14-8-9-15-25/h4-7,10-13,16,25,27,29-30,38H,8-9,14-15,17-22H2,1-3H3,(H,34,39)(H,35,37)/t27-,29-,30?/m0/s1. The first kappa shape index (κ1) is 31.1. The Balaban J connectivity index is 1.45. The predicted octanol–water partition coefficient (Wildman–Crippen LogP) is 4.74. The Hall–Kier alpha value is -2.84. The molecule has 2 fully saturated rings. The average Bonchev–Trinajstić information content (AvgIpc) is 3.60. The highest BCUT2D eigenvalue weighted by Gasteiger charge is 2.49. The molecule has 8 heteroatoms. The van der Waals surface area contributed by atoms with Crippen molar-refractivity contribution in [2.75, 3.05) is 5.88 Å². The van der Waals surface area contributed by atoms with Crippen molar-refractivity contribution in [1.82, 2.24) is 15.5 Å². The van der Waals surface area contributed by atoms with Crippen LogP contribution in [0, 0.1) is 12.8 Å². The molecule has 3 N–H and O–H groups in total. The quantitative estimate of drug-likeness (QED) is 0.338. The number of carbonyl (C=O) groups is 3. The van der Waals surface area contributed by atoms with E-state index in [0.29, 0.717) is 37.6 Å². The fourth-order valence-electron chi connectivity index (χ4n) is 6.03. The van der Waals surface area contributed by atoms with E-state index in [9.17, 15) is 19.5 Å². The largest absolute Gasteiger partial charge is 0.381 e. The molecule has 7 nitrogen and oxygen atoms in total. The first-order valence-electron chi connectivity index (χ1n) is 14.9. The molecule has 222 valence electrons. The normalized spacial score (nSPS) is 20.0. The highest BCUT2D eigenvalue weighted by Crippen LogP contribution is 2.40. The van der Waals surface area contributed by atoms with Crippen molar-refractivity contribution >= 4 is 29.5 Å². The van der Waals surface area contributed by atoms with Gasteiger partial charge >= 0.3 is 0 Å². The van der Waals surface area contributed by atoms with Crippen molar-refractivity contribution in [3.8, 4) is 0 Å². The van der Waals surface area contributed by atoms with Gasteiger partial charge < -0.3 is 20.6 Å². The van der Waals surface area contributed by atoms with E-state index in [1.165, 1.54) is 42.3 Å². The van der Waals surface area contributed by atoms with Crippen LogP contribution < -0.4 is 10.6 Å². The maximum absolute atomic E-state index is 13.8. The van der Waals surface area contributed by atoms with Gasteiger partial charge in [-0.1, -0.05) is 80.3 Å². The number of hydrogen-bond donors (Lipinski definition) is 3. The van der Waals surface area contributed by atoms with Crippen LogP contribution in [0.2, 0.25) is 0 Å². The second-order valence-electron chi connectivity index (χ2n) is 12.1. The van der Waals surface area contributed by atoms with Crippen molar-refractivity contribution in [3.63, 3.8) is 0 Å². The lowest BCUT2D eigenvalue weighted by Gasteiger charge is -2.33. The summed E-state index contributed by atoms with van der Waals surface area (Å²) in [6.45, 7) is 6.27. The summed E-state index contributed by atoms with van der Waals surface area (Å²) in [6, 6.07) is 16.2. The third-order valence-electron chi connectivity index (χ3n) is 8.61. The number of amides is 3. The van der Waals surface area contributed by atoms with Crippen LogP contribution in [0.4, 0.5) is 0 Å². The average molecular weight is 580 g/mol. The summed E-state index contributed by atoms with van der Waals surface area (Å²) in [4.78, 5) is 41.8. The van der Waals surface area contributed by atoms with Gasteiger partial charge in [-0.25, -0.2) is 0 Å². The lowest BCUT2D eigenvalue weighted by molar-refractivity contribution is -0.148. The van der Waals surface area contributed by atoms with Gasteiger partial charge in [0.05, 0.1) is 11.9 Å². The molecule has 1 unspecified atom stereocenters. The van der Waals surface area contributed by atoms with Gasteiger partial charge in [0.15, 0.2) is 6.10 Å². The lowest BCUT2D eigenvalue weighted by Crippen LogP contribution is -2.58. The molecule has 4 rings (SSSR count). The van der Waals surface area contributed by atoms with Gasteiger partial charge in [0, 0.05) is 17.7 Å². The molecule has 0 spiro atoms. The Morgan fingerprint density at radius 2 is 1.73 bits per heavy atom. The predicted molar refractivity (Wildman–Crippen MR) is 164 cm³/mol. The van der Waals surface area contributed by atoms with Crippen molar-refractivity contribution in [1.29, 1.82) is 0 Å². The van der Waals surface area contributed by atoms with Gasteiger partial charge in [0.2, 0.25) is 11.8 Å². The zero-order valence-electron chi connectivity index (χ0n) is 24.6. The van der Waals surface area contributed by atoms with Crippen molar-refractivity contribution in [2.24, 2.45) is 5.92 Å². The number of aliphatic hydroxyl groups excluding tert-OH is 1. The molecule has 1 saturated carbocycles. The van der Waals surface area contributed by atoms with Gasteiger partial charge in [-0.05, 0) is 62.6 Å². The van der Waals surface area contributed by atoms with E-state index in [-0.39, 0.29) is 11.8 Å². The van der Waals surface area contributed by atoms with Gasteiger partial charge in [0.1, 0.15) is 6.04 Å². The van der Waals surface area contributed by atoms with Crippen LogP contribution in [0.25, 0.3) is 0 Å².